The zero-order chi connectivity index (χ0) is 14.1. The summed E-state index contributed by atoms with van der Waals surface area (Å²) in [7, 11) is 0. The van der Waals surface area contributed by atoms with Crippen LogP contribution in [0.15, 0.2) is 40.8 Å². The molecule has 4 heteroatoms. The normalized spacial score (nSPS) is 10.9. The number of fused-ring (bicyclic) bond motifs is 1. The number of hydrogen-bond acceptors (Lipinski definition) is 4. The number of ether oxygens (including phenoxy) is 1. The van der Waals surface area contributed by atoms with E-state index in [4.69, 9.17) is 14.9 Å². The van der Waals surface area contributed by atoms with Gasteiger partial charge in [-0.3, -0.25) is 0 Å². The lowest BCUT2D eigenvalue weighted by Crippen LogP contribution is -1.99. The van der Waals surface area contributed by atoms with Gasteiger partial charge in [-0.1, -0.05) is 24.3 Å². The van der Waals surface area contributed by atoms with Gasteiger partial charge in [-0.05, 0) is 37.1 Å². The lowest BCUT2D eigenvalue weighted by Gasteiger charge is -2.09. The molecule has 2 aromatic carbocycles. The van der Waals surface area contributed by atoms with Gasteiger partial charge in [-0.2, -0.15) is 0 Å². The van der Waals surface area contributed by atoms with Crippen LogP contribution in [0, 0.1) is 13.8 Å². The van der Waals surface area contributed by atoms with E-state index in [1.54, 1.807) is 6.07 Å². The molecule has 2 N–H and O–H groups in total. The van der Waals surface area contributed by atoms with E-state index in [0.717, 1.165) is 16.9 Å². The van der Waals surface area contributed by atoms with Crippen LogP contribution < -0.4 is 10.5 Å². The molecule has 0 spiro atoms. The van der Waals surface area contributed by atoms with Crippen LogP contribution in [0.3, 0.4) is 0 Å². The van der Waals surface area contributed by atoms with Gasteiger partial charge < -0.3 is 14.9 Å². The molecule has 0 aliphatic heterocycles. The Morgan fingerprint density at radius 3 is 2.50 bits per heavy atom. The molecule has 4 nitrogen and oxygen atoms in total. The number of para-hydroxylation sites is 2. The highest BCUT2D eigenvalue weighted by Crippen LogP contribution is 2.25. The predicted octanol–water partition coefficient (Wildman–Crippen LogP) is 3.61. The molecule has 1 heterocycles. The average Bonchev–Trinajstić information content (AvgIpc) is 2.83. The van der Waals surface area contributed by atoms with Gasteiger partial charge in [0.05, 0.1) is 5.69 Å². The quantitative estimate of drug-likeness (QED) is 0.737. The van der Waals surface area contributed by atoms with Crippen molar-refractivity contribution in [1.29, 1.82) is 0 Å². The van der Waals surface area contributed by atoms with Gasteiger partial charge in [-0.15, -0.1) is 0 Å². The Bertz CT molecular complexity index is 742. The van der Waals surface area contributed by atoms with Gasteiger partial charge in [0, 0.05) is 0 Å². The smallest absolute Gasteiger partial charge is 0.233 e. The fourth-order valence-corrected chi connectivity index (χ4v) is 2.24. The number of rotatable bonds is 3. The van der Waals surface area contributed by atoms with Crippen molar-refractivity contribution in [3.63, 3.8) is 0 Å². The number of nitrogens with zero attached hydrogens (tertiary/aromatic N) is 1. The Morgan fingerprint density at radius 2 is 1.80 bits per heavy atom. The van der Waals surface area contributed by atoms with Crippen LogP contribution >= 0.6 is 0 Å². The summed E-state index contributed by atoms with van der Waals surface area (Å²) in [6.07, 6.45) is 0. The van der Waals surface area contributed by atoms with Crippen LogP contribution in [0.5, 0.6) is 5.75 Å². The van der Waals surface area contributed by atoms with Crippen molar-refractivity contribution >= 4 is 16.8 Å². The van der Waals surface area contributed by atoms with Crippen LogP contribution in [0.1, 0.15) is 17.0 Å². The predicted molar refractivity (Wildman–Crippen MR) is 78.7 cm³/mol. The Kier molecular flexibility index (Phi) is 3.06. The van der Waals surface area contributed by atoms with Crippen LogP contribution in [0.2, 0.25) is 0 Å². The van der Waals surface area contributed by atoms with E-state index in [1.807, 2.05) is 44.2 Å². The summed E-state index contributed by atoms with van der Waals surface area (Å²) in [6, 6.07) is 11.6. The highest BCUT2D eigenvalue weighted by atomic mass is 16.5. The summed E-state index contributed by atoms with van der Waals surface area (Å²) < 4.78 is 11.5. The van der Waals surface area contributed by atoms with Crippen molar-refractivity contribution in [2.24, 2.45) is 0 Å². The van der Waals surface area contributed by atoms with Crippen molar-refractivity contribution in [3.05, 3.63) is 53.4 Å². The second kappa shape index (κ2) is 4.89. The van der Waals surface area contributed by atoms with E-state index in [0.29, 0.717) is 29.3 Å². The van der Waals surface area contributed by atoms with E-state index in [9.17, 15) is 0 Å². The maximum Gasteiger partial charge on any atom is 0.233 e. The zero-order valence-corrected chi connectivity index (χ0v) is 11.5. The van der Waals surface area contributed by atoms with E-state index in [1.165, 1.54) is 0 Å². The van der Waals surface area contributed by atoms with Gasteiger partial charge in [0.25, 0.3) is 0 Å². The summed E-state index contributed by atoms with van der Waals surface area (Å²) in [5, 5.41) is 0. The Morgan fingerprint density at radius 1 is 1.10 bits per heavy atom. The summed E-state index contributed by atoms with van der Waals surface area (Å²) in [4.78, 5) is 4.37. The van der Waals surface area contributed by atoms with Crippen LogP contribution in [-0.4, -0.2) is 4.98 Å². The minimum atomic E-state index is 0.291. The Balaban J connectivity index is 1.85. The maximum atomic E-state index is 5.86. The summed E-state index contributed by atoms with van der Waals surface area (Å²) in [5.74, 6) is 1.41. The second-order valence-electron chi connectivity index (χ2n) is 4.81. The van der Waals surface area contributed by atoms with Crippen molar-refractivity contribution in [1.82, 2.24) is 4.98 Å². The standard InChI is InChI=1S/C16H16N2O2/c1-10-5-3-6-11(2)16(10)19-9-14-18-15-12(17)7-4-8-13(15)20-14/h3-8H,9,17H2,1-2H3. The fraction of sp³-hybridized carbons (Fsp3) is 0.188. The van der Waals surface area contributed by atoms with Crippen molar-refractivity contribution in [3.8, 4) is 5.75 Å². The van der Waals surface area contributed by atoms with Crippen molar-refractivity contribution in [2.45, 2.75) is 20.5 Å². The molecule has 0 saturated carbocycles. The summed E-state index contributed by atoms with van der Waals surface area (Å²) >= 11 is 0. The number of hydrogen-bond donors (Lipinski definition) is 1. The minimum absolute atomic E-state index is 0.291. The molecule has 1 aromatic heterocycles. The number of benzene rings is 2. The molecule has 0 saturated heterocycles. The first-order valence-electron chi connectivity index (χ1n) is 6.48. The third-order valence-corrected chi connectivity index (χ3v) is 3.24. The Labute approximate surface area is 117 Å². The SMILES string of the molecule is Cc1cccc(C)c1OCc1nc2c(N)cccc2o1. The first-order valence-corrected chi connectivity index (χ1v) is 6.48. The third-order valence-electron chi connectivity index (χ3n) is 3.24. The largest absolute Gasteiger partial charge is 0.483 e. The molecule has 0 amide bonds. The molecular formula is C16H16N2O2. The molecule has 20 heavy (non-hydrogen) atoms. The van der Waals surface area contributed by atoms with Crippen molar-refractivity contribution in [2.75, 3.05) is 5.73 Å². The van der Waals surface area contributed by atoms with Gasteiger partial charge in [0.1, 0.15) is 11.3 Å². The van der Waals surface area contributed by atoms with Crippen LogP contribution in [0.25, 0.3) is 11.1 Å². The molecule has 102 valence electrons. The topological polar surface area (TPSA) is 61.3 Å². The maximum absolute atomic E-state index is 5.86. The van der Waals surface area contributed by atoms with E-state index in [2.05, 4.69) is 4.98 Å². The molecule has 0 radical (unpaired) electrons. The van der Waals surface area contributed by atoms with Gasteiger partial charge in [0.2, 0.25) is 5.89 Å². The van der Waals surface area contributed by atoms with Gasteiger partial charge >= 0.3 is 0 Å². The lowest BCUT2D eigenvalue weighted by atomic mass is 10.1. The average molecular weight is 268 g/mol. The number of nitrogens with two attached hydrogens (primary N) is 1. The molecule has 0 aliphatic rings. The van der Waals surface area contributed by atoms with E-state index >= 15 is 0 Å². The number of aryl methyl sites for hydroxylation is 2. The molecule has 3 rings (SSSR count). The Hall–Kier alpha value is -2.49. The van der Waals surface area contributed by atoms with E-state index in [-0.39, 0.29) is 0 Å². The fourth-order valence-electron chi connectivity index (χ4n) is 2.24. The number of nitrogen functional groups attached to an aromatic ring is 1. The van der Waals surface area contributed by atoms with Crippen molar-refractivity contribution < 1.29 is 9.15 Å². The highest BCUT2D eigenvalue weighted by molar-refractivity contribution is 5.85. The van der Waals surface area contributed by atoms with Gasteiger partial charge in [0.15, 0.2) is 12.2 Å². The number of oxazole rings is 1. The number of aromatic nitrogens is 1. The summed E-state index contributed by atoms with van der Waals surface area (Å²) in [5.41, 5.74) is 10.0. The third kappa shape index (κ3) is 2.20. The monoisotopic (exact) mass is 268 g/mol. The van der Waals surface area contributed by atoms with Crippen LogP contribution in [0.4, 0.5) is 5.69 Å². The summed E-state index contributed by atoms with van der Waals surface area (Å²) in [6.45, 7) is 4.33. The molecule has 0 bridgehead atoms. The molecule has 0 atom stereocenters. The van der Waals surface area contributed by atoms with Crippen LogP contribution in [-0.2, 0) is 6.61 Å². The zero-order valence-electron chi connectivity index (χ0n) is 11.5. The minimum Gasteiger partial charge on any atom is -0.483 e. The first-order chi connectivity index (χ1) is 9.65. The van der Waals surface area contributed by atoms with E-state index < -0.39 is 0 Å². The molecule has 0 fully saturated rings. The second-order valence-corrected chi connectivity index (χ2v) is 4.81. The highest BCUT2D eigenvalue weighted by Gasteiger charge is 2.10. The molecule has 0 aliphatic carbocycles. The molecule has 3 aromatic rings. The first kappa shape index (κ1) is 12.5. The lowest BCUT2D eigenvalue weighted by molar-refractivity contribution is 0.264. The number of anilines is 1. The molecular weight excluding hydrogens is 252 g/mol. The van der Waals surface area contributed by atoms with Gasteiger partial charge in [-0.25, -0.2) is 4.98 Å². The molecule has 0 unspecified atom stereocenters.